The van der Waals surface area contributed by atoms with E-state index in [1.165, 1.54) is 22.2 Å². The highest BCUT2D eigenvalue weighted by molar-refractivity contribution is 7.99. The first-order chi connectivity index (χ1) is 14.5. The zero-order valence-electron chi connectivity index (χ0n) is 16.9. The number of aryl methyl sites for hydroxylation is 1. The van der Waals surface area contributed by atoms with Crippen LogP contribution in [-0.2, 0) is 10.5 Å². The Balaban J connectivity index is 1.32. The largest absolute Gasteiger partial charge is 0.486 e. The molecule has 1 aromatic carbocycles. The third kappa shape index (κ3) is 4.59. The van der Waals surface area contributed by atoms with Gasteiger partial charge in [0.05, 0.1) is 17.5 Å². The van der Waals surface area contributed by atoms with Crippen LogP contribution in [-0.4, -0.2) is 34.3 Å². The van der Waals surface area contributed by atoms with Crippen molar-refractivity contribution in [3.8, 4) is 11.5 Å². The van der Waals surface area contributed by atoms with Gasteiger partial charge >= 0.3 is 0 Å². The summed E-state index contributed by atoms with van der Waals surface area (Å²) in [6.07, 6.45) is 1.77. The van der Waals surface area contributed by atoms with Crippen molar-refractivity contribution < 1.29 is 14.3 Å². The number of carbonyl (C=O) groups is 1. The van der Waals surface area contributed by atoms with Gasteiger partial charge in [0.2, 0.25) is 5.91 Å². The number of pyridine rings is 1. The molecule has 0 fully saturated rings. The molecule has 0 saturated heterocycles. The molecule has 156 valence electrons. The van der Waals surface area contributed by atoms with Gasteiger partial charge in [0.15, 0.2) is 11.5 Å². The zero-order valence-corrected chi connectivity index (χ0v) is 17.7. The molecule has 0 radical (unpaired) electrons. The molecule has 0 bridgehead atoms. The van der Waals surface area contributed by atoms with Crippen molar-refractivity contribution >= 4 is 23.3 Å². The van der Waals surface area contributed by atoms with E-state index in [1.807, 2.05) is 44.2 Å². The van der Waals surface area contributed by atoms with Crippen molar-refractivity contribution in [1.82, 2.24) is 14.7 Å². The molecule has 0 saturated carbocycles. The molecule has 4 rings (SSSR count). The lowest BCUT2D eigenvalue weighted by molar-refractivity contribution is -0.119. The Labute approximate surface area is 178 Å². The second-order valence-electron chi connectivity index (χ2n) is 7.21. The predicted octanol–water partition coefficient (Wildman–Crippen LogP) is 2.88. The van der Waals surface area contributed by atoms with E-state index in [-0.39, 0.29) is 23.3 Å². The number of hydrogen-bond acceptors (Lipinski definition) is 6. The maximum absolute atomic E-state index is 12.3. The van der Waals surface area contributed by atoms with Crippen molar-refractivity contribution in [3.05, 3.63) is 69.8 Å². The van der Waals surface area contributed by atoms with Crippen LogP contribution in [0, 0.1) is 6.92 Å². The van der Waals surface area contributed by atoms with Gasteiger partial charge in [-0.05, 0) is 43.2 Å². The molecule has 3 heterocycles. The second kappa shape index (κ2) is 8.79. The first kappa shape index (κ1) is 20.3. The van der Waals surface area contributed by atoms with Gasteiger partial charge in [-0.1, -0.05) is 12.1 Å². The summed E-state index contributed by atoms with van der Waals surface area (Å²) in [7, 11) is 0. The van der Waals surface area contributed by atoms with Gasteiger partial charge in [-0.3, -0.25) is 14.0 Å². The summed E-state index contributed by atoms with van der Waals surface area (Å²) in [5, 5.41) is 2.99. The summed E-state index contributed by atoms with van der Waals surface area (Å²) in [5.41, 5.74) is 3.12. The van der Waals surface area contributed by atoms with Crippen LogP contribution in [0.5, 0.6) is 11.5 Å². The topological polar surface area (TPSA) is 81.9 Å². The van der Waals surface area contributed by atoms with E-state index in [4.69, 9.17) is 9.47 Å². The maximum Gasteiger partial charge on any atom is 0.258 e. The smallest absolute Gasteiger partial charge is 0.258 e. The number of carbonyl (C=O) groups excluding carboxylic acids is 1. The minimum Gasteiger partial charge on any atom is -0.486 e. The van der Waals surface area contributed by atoms with E-state index in [1.54, 1.807) is 6.20 Å². The lowest BCUT2D eigenvalue weighted by Crippen LogP contribution is -2.28. The molecule has 1 aliphatic rings. The standard InChI is InChI=1S/C22H23N3O4S/c1-14-3-6-20-24-17(10-22(27)25(20)11-14)12-30-13-21(26)23-15(2)16-4-5-18-19(9-16)29-8-7-28-18/h3-6,9-11,15H,7-8,12-13H2,1-2H3,(H,23,26)/t15-/m1/s1. The van der Waals surface area contributed by atoms with Crippen molar-refractivity contribution in [1.29, 1.82) is 0 Å². The normalized spacial score (nSPS) is 13.8. The van der Waals surface area contributed by atoms with Crippen molar-refractivity contribution in [3.63, 3.8) is 0 Å². The van der Waals surface area contributed by atoms with Crippen LogP contribution in [0.3, 0.4) is 0 Å². The van der Waals surface area contributed by atoms with Gasteiger partial charge in [-0.2, -0.15) is 0 Å². The molecule has 1 aliphatic heterocycles. The highest BCUT2D eigenvalue weighted by Gasteiger charge is 2.16. The van der Waals surface area contributed by atoms with Crippen LogP contribution in [0.15, 0.2) is 47.4 Å². The van der Waals surface area contributed by atoms with Gasteiger partial charge in [0.25, 0.3) is 5.56 Å². The molecular formula is C22H23N3O4S. The van der Waals surface area contributed by atoms with E-state index >= 15 is 0 Å². The van der Waals surface area contributed by atoms with E-state index in [2.05, 4.69) is 10.3 Å². The molecule has 0 spiro atoms. The number of benzene rings is 1. The summed E-state index contributed by atoms with van der Waals surface area (Å²) >= 11 is 1.43. The molecule has 0 unspecified atom stereocenters. The monoisotopic (exact) mass is 425 g/mol. The average molecular weight is 426 g/mol. The molecule has 30 heavy (non-hydrogen) atoms. The van der Waals surface area contributed by atoms with Crippen LogP contribution in [0.4, 0.5) is 0 Å². The number of hydrogen-bond donors (Lipinski definition) is 1. The van der Waals surface area contributed by atoms with Gasteiger partial charge in [-0.25, -0.2) is 4.98 Å². The quantitative estimate of drug-likeness (QED) is 0.654. The van der Waals surface area contributed by atoms with Crippen molar-refractivity contribution in [2.45, 2.75) is 25.6 Å². The fourth-order valence-electron chi connectivity index (χ4n) is 3.28. The molecule has 3 aromatic rings. The first-order valence-corrected chi connectivity index (χ1v) is 10.9. The number of thioether (sulfide) groups is 1. The minimum atomic E-state index is -0.152. The Bertz CT molecular complexity index is 1140. The molecule has 1 N–H and O–H groups in total. The van der Waals surface area contributed by atoms with Crippen LogP contribution in [0.1, 0.15) is 29.8 Å². The fourth-order valence-corrected chi connectivity index (χ4v) is 4.00. The fraction of sp³-hybridized carbons (Fsp3) is 0.318. The molecule has 1 atom stereocenters. The molecule has 2 aromatic heterocycles. The highest BCUT2D eigenvalue weighted by atomic mass is 32.2. The number of ether oxygens (including phenoxy) is 2. The number of nitrogens with one attached hydrogen (secondary N) is 1. The number of aromatic nitrogens is 2. The SMILES string of the molecule is Cc1ccc2nc(CSCC(=O)N[C@H](C)c3ccc4c(c3)OCCO4)cc(=O)n2c1. The molecular weight excluding hydrogens is 402 g/mol. The lowest BCUT2D eigenvalue weighted by Gasteiger charge is -2.21. The third-order valence-corrected chi connectivity index (χ3v) is 5.75. The summed E-state index contributed by atoms with van der Waals surface area (Å²) in [6, 6.07) is 10.8. The number of amides is 1. The number of fused-ring (bicyclic) bond motifs is 2. The zero-order chi connectivity index (χ0) is 21.1. The van der Waals surface area contributed by atoms with Crippen LogP contribution in [0.25, 0.3) is 5.65 Å². The van der Waals surface area contributed by atoms with Crippen molar-refractivity contribution in [2.75, 3.05) is 19.0 Å². The van der Waals surface area contributed by atoms with Gasteiger partial charge in [0.1, 0.15) is 18.9 Å². The molecule has 8 heteroatoms. The first-order valence-electron chi connectivity index (χ1n) is 9.75. The van der Waals surface area contributed by atoms with Crippen LogP contribution < -0.4 is 20.3 Å². The Morgan fingerprint density at radius 3 is 2.83 bits per heavy atom. The number of rotatable bonds is 6. The summed E-state index contributed by atoms with van der Waals surface area (Å²) < 4.78 is 12.7. The van der Waals surface area contributed by atoms with Gasteiger partial charge in [-0.15, -0.1) is 11.8 Å². The van der Waals surface area contributed by atoms with Crippen LogP contribution in [0.2, 0.25) is 0 Å². The Hall–Kier alpha value is -3.00. The van der Waals surface area contributed by atoms with Crippen LogP contribution >= 0.6 is 11.8 Å². The van der Waals surface area contributed by atoms with E-state index in [9.17, 15) is 9.59 Å². The van der Waals surface area contributed by atoms with E-state index in [0.29, 0.717) is 36.1 Å². The maximum atomic E-state index is 12.3. The minimum absolute atomic E-state index is 0.0736. The highest BCUT2D eigenvalue weighted by Crippen LogP contribution is 2.32. The van der Waals surface area contributed by atoms with Gasteiger partial charge < -0.3 is 14.8 Å². The molecule has 7 nitrogen and oxygen atoms in total. The van der Waals surface area contributed by atoms with Gasteiger partial charge in [0, 0.05) is 18.0 Å². The van der Waals surface area contributed by atoms with E-state index in [0.717, 1.165) is 16.9 Å². The van der Waals surface area contributed by atoms with E-state index < -0.39 is 0 Å². The average Bonchev–Trinajstić information content (AvgIpc) is 2.74. The number of nitrogens with zero attached hydrogens (tertiary/aromatic N) is 2. The Morgan fingerprint density at radius 2 is 2.00 bits per heavy atom. The Morgan fingerprint density at radius 1 is 1.20 bits per heavy atom. The predicted molar refractivity (Wildman–Crippen MR) is 116 cm³/mol. The Kier molecular flexibility index (Phi) is 5.94. The summed E-state index contributed by atoms with van der Waals surface area (Å²) in [6.45, 7) is 4.94. The summed E-state index contributed by atoms with van der Waals surface area (Å²) in [5.74, 6) is 2.14. The second-order valence-corrected chi connectivity index (χ2v) is 8.19. The summed E-state index contributed by atoms with van der Waals surface area (Å²) in [4.78, 5) is 29.1. The molecule has 1 amide bonds. The lowest BCUT2D eigenvalue weighted by atomic mass is 10.1. The molecule has 0 aliphatic carbocycles. The third-order valence-electron chi connectivity index (χ3n) is 4.79. The van der Waals surface area contributed by atoms with Crippen molar-refractivity contribution in [2.24, 2.45) is 0 Å².